The van der Waals surface area contributed by atoms with Gasteiger partial charge < -0.3 is 9.73 Å². The van der Waals surface area contributed by atoms with E-state index in [0.29, 0.717) is 0 Å². The Bertz CT molecular complexity index is 505. The Morgan fingerprint density at radius 1 is 1.47 bits per heavy atom. The first-order valence-electron chi connectivity index (χ1n) is 6.65. The van der Waals surface area contributed by atoms with Gasteiger partial charge in [0.25, 0.3) is 0 Å². The molecule has 1 fully saturated rings. The van der Waals surface area contributed by atoms with Crippen LogP contribution in [0.5, 0.6) is 0 Å². The van der Waals surface area contributed by atoms with Crippen LogP contribution < -0.4 is 5.32 Å². The molecular weight excluding hydrogens is 258 g/mol. The zero-order valence-corrected chi connectivity index (χ0v) is 11.9. The SMILES string of the molecule is CN(Cc1cscn1)Cc1occc1CNC1CC1. The van der Waals surface area contributed by atoms with Crippen molar-refractivity contribution < 1.29 is 4.42 Å². The Balaban J connectivity index is 1.54. The molecule has 3 rings (SSSR count). The fourth-order valence-corrected chi connectivity index (χ4v) is 2.65. The number of hydrogen-bond acceptors (Lipinski definition) is 5. The lowest BCUT2D eigenvalue weighted by Gasteiger charge is -2.14. The topological polar surface area (TPSA) is 41.3 Å². The van der Waals surface area contributed by atoms with Gasteiger partial charge in [-0.05, 0) is 26.0 Å². The predicted molar refractivity (Wildman–Crippen MR) is 75.9 cm³/mol. The van der Waals surface area contributed by atoms with Crippen molar-refractivity contribution in [3.63, 3.8) is 0 Å². The fourth-order valence-electron chi connectivity index (χ4n) is 2.10. The van der Waals surface area contributed by atoms with Gasteiger partial charge in [-0.2, -0.15) is 0 Å². The maximum atomic E-state index is 5.61. The normalized spacial score (nSPS) is 15.3. The fraction of sp³-hybridized carbons (Fsp3) is 0.500. The Morgan fingerprint density at radius 2 is 2.37 bits per heavy atom. The van der Waals surface area contributed by atoms with Gasteiger partial charge in [-0.3, -0.25) is 4.90 Å². The van der Waals surface area contributed by atoms with Gasteiger partial charge in [-0.15, -0.1) is 11.3 Å². The maximum Gasteiger partial charge on any atom is 0.122 e. The van der Waals surface area contributed by atoms with Gasteiger partial charge in [-0.25, -0.2) is 4.98 Å². The van der Waals surface area contributed by atoms with Crippen molar-refractivity contribution in [3.05, 3.63) is 40.2 Å². The van der Waals surface area contributed by atoms with Crippen molar-refractivity contribution in [2.24, 2.45) is 0 Å². The molecule has 0 unspecified atom stereocenters. The minimum Gasteiger partial charge on any atom is -0.468 e. The molecule has 0 aliphatic heterocycles. The third-order valence-corrected chi connectivity index (χ3v) is 3.96. The molecule has 0 saturated heterocycles. The highest BCUT2D eigenvalue weighted by Crippen LogP contribution is 2.21. The number of aromatic nitrogens is 1. The van der Waals surface area contributed by atoms with Crippen molar-refractivity contribution >= 4 is 11.3 Å². The summed E-state index contributed by atoms with van der Waals surface area (Å²) in [5.74, 6) is 1.06. The van der Waals surface area contributed by atoms with Crippen LogP contribution in [0.25, 0.3) is 0 Å². The zero-order chi connectivity index (χ0) is 13.1. The molecule has 1 aliphatic rings. The summed E-state index contributed by atoms with van der Waals surface area (Å²) in [6.07, 6.45) is 4.42. The Kier molecular flexibility index (Phi) is 3.96. The quantitative estimate of drug-likeness (QED) is 0.844. The van der Waals surface area contributed by atoms with Crippen molar-refractivity contribution in [1.29, 1.82) is 0 Å². The number of furan rings is 1. The van der Waals surface area contributed by atoms with Crippen LogP contribution in [0.2, 0.25) is 0 Å². The van der Waals surface area contributed by atoms with Crippen LogP contribution in [0, 0.1) is 0 Å². The molecule has 4 nitrogen and oxygen atoms in total. The largest absolute Gasteiger partial charge is 0.468 e. The summed E-state index contributed by atoms with van der Waals surface area (Å²) in [4.78, 5) is 6.54. The second kappa shape index (κ2) is 5.86. The highest BCUT2D eigenvalue weighted by atomic mass is 32.1. The molecule has 1 saturated carbocycles. The standard InChI is InChI=1S/C14H19N3OS/c1-17(7-13-9-19-10-16-13)8-14-11(4-5-18-14)6-15-12-2-3-12/h4-5,9-10,12,15H,2-3,6-8H2,1H3. The third-order valence-electron chi connectivity index (χ3n) is 3.33. The molecule has 0 spiro atoms. The van der Waals surface area contributed by atoms with Crippen LogP contribution in [-0.2, 0) is 19.6 Å². The van der Waals surface area contributed by atoms with Crippen molar-refractivity contribution in [1.82, 2.24) is 15.2 Å². The summed E-state index contributed by atoms with van der Waals surface area (Å²) in [7, 11) is 2.10. The van der Waals surface area contributed by atoms with E-state index in [9.17, 15) is 0 Å². The smallest absolute Gasteiger partial charge is 0.122 e. The highest BCUT2D eigenvalue weighted by Gasteiger charge is 2.21. The van der Waals surface area contributed by atoms with Crippen LogP contribution in [0.3, 0.4) is 0 Å². The first kappa shape index (κ1) is 12.8. The van der Waals surface area contributed by atoms with E-state index in [1.807, 2.05) is 5.51 Å². The van der Waals surface area contributed by atoms with E-state index in [1.54, 1.807) is 17.6 Å². The molecule has 2 heterocycles. The number of nitrogens with zero attached hydrogens (tertiary/aromatic N) is 2. The molecule has 2 aromatic heterocycles. The molecule has 0 radical (unpaired) electrons. The van der Waals surface area contributed by atoms with E-state index in [-0.39, 0.29) is 0 Å². The number of hydrogen-bond donors (Lipinski definition) is 1. The van der Waals surface area contributed by atoms with E-state index < -0.39 is 0 Å². The van der Waals surface area contributed by atoms with E-state index in [1.165, 1.54) is 18.4 Å². The lowest BCUT2D eigenvalue weighted by Crippen LogP contribution is -2.20. The number of nitrogens with one attached hydrogen (secondary N) is 1. The number of thiazole rings is 1. The molecule has 0 atom stereocenters. The van der Waals surface area contributed by atoms with Crippen LogP contribution in [0.4, 0.5) is 0 Å². The molecule has 0 aromatic carbocycles. The van der Waals surface area contributed by atoms with Gasteiger partial charge >= 0.3 is 0 Å². The average molecular weight is 277 g/mol. The van der Waals surface area contributed by atoms with Gasteiger partial charge in [0.1, 0.15) is 5.76 Å². The summed E-state index contributed by atoms with van der Waals surface area (Å²) in [6.45, 7) is 2.60. The van der Waals surface area contributed by atoms with Crippen LogP contribution in [0.15, 0.2) is 27.6 Å². The van der Waals surface area contributed by atoms with Gasteiger partial charge in [-0.1, -0.05) is 0 Å². The number of rotatable bonds is 7. The minimum absolute atomic E-state index is 0.732. The molecule has 0 bridgehead atoms. The summed E-state index contributed by atoms with van der Waals surface area (Å²) in [6, 6.07) is 2.80. The van der Waals surface area contributed by atoms with Gasteiger partial charge in [0.05, 0.1) is 24.0 Å². The lowest BCUT2D eigenvalue weighted by molar-refractivity contribution is 0.283. The van der Waals surface area contributed by atoms with Gasteiger partial charge in [0.2, 0.25) is 0 Å². The van der Waals surface area contributed by atoms with Crippen molar-refractivity contribution in [2.75, 3.05) is 7.05 Å². The summed E-state index contributed by atoms with van der Waals surface area (Å²) < 4.78 is 5.61. The van der Waals surface area contributed by atoms with Crippen molar-refractivity contribution in [3.8, 4) is 0 Å². The van der Waals surface area contributed by atoms with Crippen LogP contribution in [-0.4, -0.2) is 23.0 Å². The summed E-state index contributed by atoms with van der Waals surface area (Å²) in [5, 5.41) is 5.62. The van der Waals surface area contributed by atoms with Crippen LogP contribution in [0.1, 0.15) is 29.9 Å². The molecule has 5 heteroatoms. The monoisotopic (exact) mass is 277 g/mol. The molecule has 19 heavy (non-hydrogen) atoms. The Hall–Kier alpha value is -1.17. The van der Waals surface area contributed by atoms with Crippen LogP contribution >= 0.6 is 11.3 Å². The second-order valence-corrected chi connectivity index (χ2v) is 5.89. The van der Waals surface area contributed by atoms with E-state index in [2.05, 4.69) is 33.7 Å². The molecular formula is C14H19N3OS. The second-order valence-electron chi connectivity index (χ2n) is 5.18. The summed E-state index contributed by atoms with van der Waals surface area (Å²) in [5.41, 5.74) is 4.27. The van der Waals surface area contributed by atoms with E-state index in [4.69, 9.17) is 4.42 Å². The predicted octanol–water partition coefficient (Wildman–Crippen LogP) is 2.62. The first-order chi connectivity index (χ1) is 9.31. The minimum atomic E-state index is 0.732. The molecule has 0 amide bonds. The van der Waals surface area contributed by atoms with Crippen molar-refractivity contribution in [2.45, 2.75) is 38.5 Å². The molecule has 102 valence electrons. The molecule has 1 N–H and O–H groups in total. The van der Waals surface area contributed by atoms with Gasteiger partial charge in [0.15, 0.2) is 0 Å². The highest BCUT2D eigenvalue weighted by molar-refractivity contribution is 7.07. The summed E-state index contributed by atoms with van der Waals surface area (Å²) >= 11 is 1.64. The Morgan fingerprint density at radius 3 is 3.11 bits per heavy atom. The Labute approximate surface area is 117 Å². The maximum absolute atomic E-state index is 5.61. The zero-order valence-electron chi connectivity index (χ0n) is 11.1. The first-order valence-corrected chi connectivity index (χ1v) is 7.60. The lowest BCUT2D eigenvalue weighted by atomic mass is 10.2. The average Bonchev–Trinajstić information content (AvgIpc) is 2.89. The molecule has 2 aromatic rings. The van der Waals surface area contributed by atoms with Gasteiger partial charge in [0, 0.05) is 30.1 Å². The molecule has 1 aliphatic carbocycles. The van der Waals surface area contributed by atoms with E-state index >= 15 is 0 Å². The third kappa shape index (κ3) is 3.65. The van der Waals surface area contributed by atoms with E-state index in [0.717, 1.165) is 37.1 Å².